The maximum Gasteiger partial charge on any atom is 0.354 e. The smallest absolute Gasteiger partial charge is 0.354 e. The molecule has 19 heavy (non-hydrogen) atoms. The Morgan fingerprint density at radius 3 is 2.68 bits per heavy atom. The van der Waals surface area contributed by atoms with E-state index < -0.39 is 5.97 Å². The quantitative estimate of drug-likeness (QED) is 0.882. The lowest BCUT2D eigenvalue weighted by molar-refractivity contribution is 0.0690. The molecule has 1 aromatic carbocycles. The summed E-state index contributed by atoms with van der Waals surface area (Å²) in [6, 6.07) is 10.8. The van der Waals surface area contributed by atoms with E-state index in [9.17, 15) is 4.79 Å². The van der Waals surface area contributed by atoms with E-state index in [1.807, 2.05) is 31.2 Å². The standard InChI is InChI=1S/C14H15N3O2/c1-9-4-3-5-10(8-9)17(2)13-11(15)6-7-12(16-13)14(18)19/h3-8H,15H2,1-2H3,(H,18,19). The minimum absolute atomic E-state index is 0.0243. The van der Waals surface area contributed by atoms with Crippen LogP contribution in [0.5, 0.6) is 0 Å². The first-order valence-electron chi connectivity index (χ1n) is 5.79. The van der Waals surface area contributed by atoms with Gasteiger partial charge in [0, 0.05) is 12.7 Å². The average molecular weight is 257 g/mol. The molecule has 0 aliphatic rings. The van der Waals surface area contributed by atoms with Crippen LogP contribution in [0.1, 0.15) is 16.1 Å². The maximum atomic E-state index is 11.0. The molecule has 0 atom stereocenters. The molecule has 3 N–H and O–H groups in total. The summed E-state index contributed by atoms with van der Waals surface area (Å²) >= 11 is 0. The minimum atomic E-state index is -1.07. The first kappa shape index (κ1) is 12.9. The fourth-order valence-corrected chi connectivity index (χ4v) is 1.81. The summed E-state index contributed by atoms with van der Waals surface area (Å²) in [6.07, 6.45) is 0. The number of pyridine rings is 1. The van der Waals surface area contributed by atoms with Gasteiger partial charge in [0.1, 0.15) is 0 Å². The Morgan fingerprint density at radius 2 is 2.05 bits per heavy atom. The molecule has 2 rings (SSSR count). The molecule has 98 valence electrons. The van der Waals surface area contributed by atoms with E-state index in [1.54, 1.807) is 18.0 Å². The second-order valence-corrected chi connectivity index (χ2v) is 4.31. The Kier molecular flexibility index (Phi) is 3.37. The van der Waals surface area contributed by atoms with Crippen LogP contribution in [-0.2, 0) is 0 Å². The predicted molar refractivity (Wildman–Crippen MR) is 74.9 cm³/mol. The normalized spacial score (nSPS) is 10.2. The first-order valence-corrected chi connectivity index (χ1v) is 5.79. The van der Waals surface area contributed by atoms with E-state index in [0.29, 0.717) is 11.5 Å². The van der Waals surface area contributed by atoms with Gasteiger partial charge in [-0.05, 0) is 36.8 Å². The fourth-order valence-electron chi connectivity index (χ4n) is 1.81. The Bertz CT molecular complexity index is 626. The highest BCUT2D eigenvalue weighted by Gasteiger charge is 2.13. The van der Waals surface area contributed by atoms with Crippen molar-refractivity contribution < 1.29 is 9.90 Å². The number of carboxylic acid groups (broad SMARTS) is 1. The lowest BCUT2D eigenvalue weighted by atomic mass is 10.2. The largest absolute Gasteiger partial charge is 0.477 e. The van der Waals surface area contributed by atoms with Crippen LogP contribution in [-0.4, -0.2) is 23.1 Å². The molecule has 5 nitrogen and oxygen atoms in total. The number of aromatic nitrogens is 1. The summed E-state index contributed by atoms with van der Waals surface area (Å²) in [5.41, 5.74) is 8.30. The number of nitrogens with two attached hydrogens (primary N) is 1. The zero-order valence-corrected chi connectivity index (χ0v) is 10.8. The van der Waals surface area contributed by atoms with E-state index in [4.69, 9.17) is 10.8 Å². The number of benzene rings is 1. The minimum Gasteiger partial charge on any atom is -0.477 e. The summed E-state index contributed by atoms with van der Waals surface area (Å²) in [4.78, 5) is 16.8. The van der Waals surface area contributed by atoms with Gasteiger partial charge in [-0.2, -0.15) is 0 Å². The van der Waals surface area contributed by atoms with Crippen molar-refractivity contribution in [1.29, 1.82) is 0 Å². The van der Waals surface area contributed by atoms with Crippen molar-refractivity contribution in [3.8, 4) is 0 Å². The molecular weight excluding hydrogens is 242 g/mol. The highest BCUT2D eigenvalue weighted by Crippen LogP contribution is 2.27. The first-order chi connectivity index (χ1) is 8.99. The molecule has 0 aliphatic heterocycles. The van der Waals surface area contributed by atoms with Crippen LogP contribution >= 0.6 is 0 Å². The average Bonchev–Trinajstić information content (AvgIpc) is 2.38. The zero-order chi connectivity index (χ0) is 14.0. The number of aryl methyl sites for hydroxylation is 1. The van der Waals surface area contributed by atoms with Gasteiger partial charge >= 0.3 is 5.97 Å². The molecule has 0 amide bonds. The molecule has 0 radical (unpaired) electrons. The van der Waals surface area contributed by atoms with E-state index in [-0.39, 0.29) is 5.69 Å². The van der Waals surface area contributed by atoms with Gasteiger partial charge in [0.2, 0.25) is 0 Å². The Morgan fingerprint density at radius 1 is 1.32 bits per heavy atom. The van der Waals surface area contributed by atoms with Crippen molar-refractivity contribution in [3.63, 3.8) is 0 Å². The van der Waals surface area contributed by atoms with Crippen LogP contribution < -0.4 is 10.6 Å². The predicted octanol–water partition coefficient (Wildman–Crippen LogP) is 2.44. The van der Waals surface area contributed by atoms with Crippen molar-refractivity contribution in [1.82, 2.24) is 4.98 Å². The molecule has 0 saturated heterocycles. The molecule has 2 aromatic rings. The summed E-state index contributed by atoms with van der Waals surface area (Å²) in [7, 11) is 1.80. The number of hydrogen-bond acceptors (Lipinski definition) is 4. The molecule has 1 aromatic heterocycles. The van der Waals surface area contributed by atoms with Gasteiger partial charge in [0.05, 0.1) is 5.69 Å². The second kappa shape index (κ2) is 4.97. The maximum absolute atomic E-state index is 11.0. The molecule has 1 heterocycles. The van der Waals surface area contributed by atoms with Gasteiger partial charge in [-0.3, -0.25) is 0 Å². The number of nitrogens with zero attached hydrogens (tertiary/aromatic N) is 2. The molecule has 0 unspecified atom stereocenters. The van der Waals surface area contributed by atoms with Crippen molar-refractivity contribution in [2.75, 3.05) is 17.7 Å². The number of hydrogen-bond donors (Lipinski definition) is 2. The number of carbonyl (C=O) groups is 1. The fraction of sp³-hybridized carbons (Fsp3) is 0.143. The van der Waals surface area contributed by atoms with Crippen molar-refractivity contribution >= 4 is 23.2 Å². The van der Waals surface area contributed by atoms with Crippen LogP contribution in [0.4, 0.5) is 17.2 Å². The van der Waals surface area contributed by atoms with Crippen LogP contribution in [0, 0.1) is 6.92 Å². The highest BCUT2D eigenvalue weighted by atomic mass is 16.4. The second-order valence-electron chi connectivity index (χ2n) is 4.31. The molecule has 5 heteroatoms. The van der Waals surface area contributed by atoms with Gasteiger partial charge < -0.3 is 15.7 Å². The van der Waals surface area contributed by atoms with E-state index in [2.05, 4.69) is 4.98 Å². The Hall–Kier alpha value is -2.56. The van der Waals surface area contributed by atoms with Gasteiger partial charge in [0.25, 0.3) is 0 Å². The van der Waals surface area contributed by atoms with Crippen LogP contribution in [0.3, 0.4) is 0 Å². The third-order valence-electron chi connectivity index (χ3n) is 2.83. The molecule has 0 spiro atoms. The van der Waals surface area contributed by atoms with Gasteiger partial charge in [0.15, 0.2) is 11.5 Å². The number of rotatable bonds is 3. The number of carboxylic acids is 1. The summed E-state index contributed by atoms with van der Waals surface area (Å²) in [5, 5.41) is 8.97. The van der Waals surface area contributed by atoms with E-state index >= 15 is 0 Å². The number of aromatic carboxylic acids is 1. The lowest BCUT2D eigenvalue weighted by Gasteiger charge is -2.20. The SMILES string of the molecule is Cc1cccc(N(C)c2nc(C(=O)O)ccc2N)c1. The molecule has 0 fully saturated rings. The van der Waals surface area contributed by atoms with Crippen molar-refractivity contribution in [2.45, 2.75) is 6.92 Å². The van der Waals surface area contributed by atoms with Gasteiger partial charge in [-0.25, -0.2) is 9.78 Å². The monoisotopic (exact) mass is 257 g/mol. The zero-order valence-electron chi connectivity index (χ0n) is 10.8. The lowest BCUT2D eigenvalue weighted by Crippen LogP contribution is -2.15. The molecule has 0 aliphatic carbocycles. The van der Waals surface area contributed by atoms with E-state index in [1.165, 1.54) is 6.07 Å². The third kappa shape index (κ3) is 2.65. The summed E-state index contributed by atoms with van der Waals surface area (Å²) in [5.74, 6) is -0.635. The van der Waals surface area contributed by atoms with Crippen molar-refractivity contribution in [2.24, 2.45) is 0 Å². The van der Waals surface area contributed by atoms with Gasteiger partial charge in [-0.1, -0.05) is 12.1 Å². The van der Waals surface area contributed by atoms with Crippen LogP contribution in [0.15, 0.2) is 36.4 Å². The highest BCUT2D eigenvalue weighted by molar-refractivity contribution is 5.87. The topological polar surface area (TPSA) is 79.5 Å². The molecule has 0 saturated carbocycles. The number of nitrogen functional groups attached to an aromatic ring is 1. The summed E-state index contributed by atoms with van der Waals surface area (Å²) < 4.78 is 0. The molecule has 0 bridgehead atoms. The van der Waals surface area contributed by atoms with E-state index in [0.717, 1.165) is 11.3 Å². The van der Waals surface area contributed by atoms with Crippen LogP contribution in [0.2, 0.25) is 0 Å². The van der Waals surface area contributed by atoms with Crippen molar-refractivity contribution in [3.05, 3.63) is 47.7 Å². The van der Waals surface area contributed by atoms with Gasteiger partial charge in [-0.15, -0.1) is 0 Å². The number of anilines is 3. The third-order valence-corrected chi connectivity index (χ3v) is 2.83. The van der Waals surface area contributed by atoms with Crippen LogP contribution in [0.25, 0.3) is 0 Å². The Labute approximate surface area is 111 Å². The summed E-state index contributed by atoms with van der Waals surface area (Å²) in [6.45, 7) is 1.99. The Balaban J connectivity index is 2.46. The molecular formula is C14H15N3O2.